The van der Waals surface area contributed by atoms with Gasteiger partial charge in [0.15, 0.2) is 11.5 Å². The van der Waals surface area contributed by atoms with Crippen molar-refractivity contribution in [3.8, 4) is 11.4 Å². The number of imidazole rings is 1. The number of rotatable bonds is 8. The lowest BCUT2D eigenvalue weighted by atomic mass is 10.1. The number of amides is 2. The number of H-pyrrole nitrogens is 1. The number of anilines is 1. The first-order chi connectivity index (χ1) is 15.2. The molecule has 9 heteroatoms. The van der Waals surface area contributed by atoms with Crippen LogP contribution in [0.15, 0.2) is 30.6 Å². The average molecular weight is 419 g/mol. The fraction of sp³-hybridized carbons (Fsp3) is 0.409. The van der Waals surface area contributed by atoms with Crippen LogP contribution in [0.2, 0.25) is 0 Å². The summed E-state index contributed by atoms with van der Waals surface area (Å²) < 4.78 is 0. The Morgan fingerprint density at radius 3 is 2.77 bits per heavy atom. The molecule has 1 aliphatic heterocycles. The number of carbonyl (C=O) groups excluding carboxylic acids is 2. The van der Waals surface area contributed by atoms with E-state index in [1.165, 1.54) is 6.33 Å². The standard InChI is InChI=1S/C22H25N7O2/c30-17-3-1-11-29(17)12-2-10-23-20-18-21(25-13-24-20)28-19(27-18)14-4-6-15(7-5-14)22(31)26-16-8-9-16/h4-7,13,16H,1-3,8-12H2,(H,26,31)(H2,23,24,25,27,28). The highest BCUT2D eigenvalue weighted by molar-refractivity contribution is 5.95. The molecule has 1 aromatic carbocycles. The maximum atomic E-state index is 12.2. The van der Waals surface area contributed by atoms with Gasteiger partial charge in [0.2, 0.25) is 5.91 Å². The van der Waals surface area contributed by atoms with E-state index in [1.54, 1.807) is 0 Å². The fourth-order valence-corrected chi connectivity index (χ4v) is 3.79. The number of nitrogens with one attached hydrogen (secondary N) is 3. The van der Waals surface area contributed by atoms with E-state index in [4.69, 9.17) is 0 Å². The number of hydrogen-bond donors (Lipinski definition) is 3. The number of aromatic nitrogens is 4. The summed E-state index contributed by atoms with van der Waals surface area (Å²) in [6.45, 7) is 2.32. The Balaban J connectivity index is 1.25. The van der Waals surface area contributed by atoms with E-state index < -0.39 is 0 Å². The van der Waals surface area contributed by atoms with Gasteiger partial charge in [0, 0.05) is 43.2 Å². The van der Waals surface area contributed by atoms with Crippen LogP contribution in [-0.2, 0) is 4.79 Å². The molecule has 0 atom stereocenters. The van der Waals surface area contributed by atoms with E-state index in [0.29, 0.717) is 41.9 Å². The summed E-state index contributed by atoms with van der Waals surface area (Å²) in [5.41, 5.74) is 2.84. The van der Waals surface area contributed by atoms with Gasteiger partial charge < -0.3 is 20.5 Å². The quantitative estimate of drug-likeness (QED) is 0.483. The lowest BCUT2D eigenvalue weighted by molar-refractivity contribution is -0.127. The predicted molar refractivity (Wildman–Crippen MR) is 117 cm³/mol. The molecule has 0 radical (unpaired) electrons. The molecule has 31 heavy (non-hydrogen) atoms. The third-order valence-corrected chi connectivity index (χ3v) is 5.69. The average Bonchev–Trinajstić information content (AvgIpc) is 3.33. The Kier molecular flexibility index (Phi) is 5.23. The topological polar surface area (TPSA) is 116 Å². The minimum atomic E-state index is -0.0355. The Labute approximate surface area is 179 Å². The lowest BCUT2D eigenvalue weighted by Gasteiger charge is -2.15. The van der Waals surface area contributed by atoms with Crippen molar-refractivity contribution in [2.45, 2.75) is 38.1 Å². The zero-order chi connectivity index (χ0) is 21.2. The number of hydrogen-bond acceptors (Lipinski definition) is 6. The number of likely N-dealkylation sites (tertiary alicyclic amines) is 1. The maximum absolute atomic E-state index is 12.2. The fourth-order valence-electron chi connectivity index (χ4n) is 3.79. The van der Waals surface area contributed by atoms with Crippen LogP contribution in [0.4, 0.5) is 5.82 Å². The Bertz CT molecular complexity index is 1100. The summed E-state index contributed by atoms with van der Waals surface area (Å²) in [4.78, 5) is 42.3. The SMILES string of the molecule is O=C(NC1CC1)c1ccc(-c2nc3ncnc(NCCCN4CCCC4=O)c3[nH]2)cc1. The number of benzene rings is 1. The second-order valence-corrected chi connectivity index (χ2v) is 8.10. The van der Waals surface area contributed by atoms with Gasteiger partial charge in [-0.05, 0) is 37.8 Å². The van der Waals surface area contributed by atoms with Crippen LogP contribution >= 0.6 is 0 Å². The molecule has 0 spiro atoms. The summed E-state index contributed by atoms with van der Waals surface area (Å²) in [7, 11) is 0. The van der Waals surface area contributed by atoms with Crippen molar-refractivity contribution in [1.29, 1.82) is 0 Å². The van der Waals surface area contributed by atoms with E-state index in [0.717, 1.165) is 49.9 Å². The van der Waals surface area contributed by atoms with Gasteiger partial charge in [-0.2, -0.15) is 0 Å². The largest absolute Gasteiger partial charge is 0.368 e. The van der Waals surface area contributed by atoms with Crippen molar-refractivity contribution in [2.24, 2.45) is 0 Å². The predicted octanol–water partition coefficient (Wildman–Crippen LogP) is 2.34. The van der Waals surface area contributed by atoms with Gasteiger partial charge in [-0.1, -0.05) is 12.1 Å². The zero-order valence-corrected chi connectivity index (χ0v) is 17.2. The summed E-state index contributed by atoms with van der Waals surface area (Å²) in [5.74, 6) is 1.58. The molecular weight excluding hydrogens is 394 g/mol. The first-order valence-corrected chi connectivity index (χ1v) is 10.8. The first-order valence-electron chi connectivity index (χ1n) is 10.8. The van der Waals surface area contributed by atoms with Gasteiger partial charge >= 0.3 is 0 Å². The van der Waals surface area contributed by atoms with Crippen LogP contribution in [0.5, 0.6) is 0 Å². The number of fused-ring (bicyclic) bond motifs is 1. The van der Waals surface area contributed by atoms with Gasteiger partial charge in [-0.3, -0.25) is 9.59 Å². The van der Waals surface area contributed by atoms with Crippen LogP contribution in [0.1, 0.15) is 42.5 Å². The van der Waals surface area contributed by atoms with E-state index in [1.807, 2.05) is 29.2 Å². The van der Waals surface area contributed by atoms with Gasteiger partial charge in [0.25, 0.3) is 5.91 Å². The van der Waals surface area contributed by atoms with Crippen LogP contribution < -0.4 is 10.6 Å². The monoisotopic (exact) mass is 419 g/mol. The number of nitrogens with zero attached hydrogens (tertiary/aromatic N) is 4. The van der Waals surface area contributed by atoms with E-state index in [9.17, 15) is 9.59 Å². The number of aromatic amines is 1. The van der Waals surface area contributed by atoms with Crippen molar-refractivity contribution in [2.75, 3.05) is 25.0 Å². The molecule has 9 nitrogen and oxygen atoms in total. The van der Waals surface area contributed by atoms with Crippen LogP contribution in [0.25, 0.3) is 22.6 Å². The summed E-state index contributed by atoms with van der Waals surface area (Å²) in [6.07, 6.45) is 6.10. The first kappa shape index (κ1) is 19.5. The van der Waals surface area contributed by atoms with Crippen molar-refractivity contribution < 1.29 is 9.59 Å². The molecule has 3 aromatic rings. The molecule has 3 heterocycles. The molecule has 0 unspecified atom stereocenters. The molecule has 160 valence electrons. The molecule has 5 rings (SSSR count). The molecule has 2 amide bonds. The third-order valence-electron chi connectivity index (χ3n) is 5.69. The summed E-state index contributed by atoms with van der Waals surface area (Å²) in [5, 5.41) is 6.32. The van der Waals surface area contributed by atoms with Crippen molar-refractivity contribution >= 4 is 28.8 Å². The molecule has 0 bridgehead atoms. The second kappa shape index (κ2) is 8.33. The minimum Gasteiger partial charge on any atom is -0.368 e. The molecule has 1 saturated heterocycles. The number of carbonyl (C=O) groups is 2. The van der Waals surface area contributed by atoms with Crippen molar-refractivity contribution in [3.63, 3.8) is 0 Å². The Hall–Kier alpha value is -3.49. The van der Waals surface area contributed by atoms with E-state index in [2.05, 4.69) is 30.6 Å². The maximum Gasteiger partial charge on any atom is 0.251 e. The Morgan fingerprint density at radius 2 is 2.03 bits per heavy atom. The van der Waals surface area contributed by atoms with Gasteiger partial charge in [-0.25, -0.2) is 15.0 Å². The van der Waals surface area contributed by atoms with Crippen LogP contribution in [0, 0.1) is 0 Å². The van der Waals surface area contributed by atoms with E-state index >= 15 is 0 Å². The summed E-state index contributed by atoms with van der Waals surface area (Å²) in [6, 6.07) is 7.72. The van der Waals surface area contributed by atoms with Crippen LogP contribution in [-0.4, -0.2) is 62.3 Å². The van der Waals surface area contributed by atoms with E-state index in [-0.39, 0.29) is 11.8 Å². The van der Waals surface area contributed by atoms with Crippen LogP contribution in [0.3, 0.4) is 0 Å². The lowest BCUT2D eigenvalue weighted by Crippen LogP contribution is -2.27. The highest BCUT2D eigenvalue weighted by atomic mass is 16.2. The summed E-state index contributed by atoms with van der Waals surface area (Å²) >= 11 is 0. The smallest absolute Gasteiger partial charge is 0.251 e. The second-order valence-electron chi connectivity index (χ2n) is 8.10. The highest BCUT2D eigenvalue weighted by Crippen LogP contribution is 2.24. The molecular formula is C22H25N7O2. The molecule has 3 N–H and O–H groups in total. The molecule has 2 fully saturated rings. The highest BCUT2D eigenvalue weighted by Gasteiger charge is 2.24. The Morgan fingerprint density at radius 1 is 1.19 bits per heavy atom. The third kappa shape index (κ3) is 4.35. The zero-order valence-electron chi connectivity index (χ0n) is 17.2. The van der Waals surface area contributed by atoms with Crippen molar-refractivity contribution in [3.05, 3.63) is 36.2 Å². The van der Waals surface area contributed by atoms with Gasteiger partial charge in [-0.15, -0.1) is 0 Å². The van der Waals surface area contributed by atoms with Gasteiger partial charge in [0.05, 0.1) is 0 Å². The van der Waals surface area contributed by atoms with Gasteiger partial charge in [0.1, 0.15) is 17.7 Å². The van der Waals surface area contributed by atoms with Crippen molar-refractivity contribution in [1.82, 2.24) is 30.2 Å². The normalized spacial score (nSPS) is 16.1. The molecule has 2 aliphatic rings. The molecule has 2 aromatic heterocycles. The molecule has 1 saturated carbocycles. The molecule has 1 aliphatic carbocycles. The minimum absolute atomic E-state index is 0.0355.